The Morgan fingerprint density at radius 1 is 1.13 bits per heavy atom. The van der Waals surface area contributed by atoms with Gasteiger partial charge in [0.1, 0.15) is 11.4 Å². The summed E-state index contributed by atoms with van der Waals surface area (Å²) in [7, 11) is 0. The van der Waals surface area contributed by atoms with Gasteiger partial charge in [-0.3, -0.25) is 4.79 Å². The van der Waals surface area contributed by atoms with E-state index in [4.69, 9.17) is 5.73 Å². The maximum Gasteiger partial charge on any atom is 0.326 e. The highest BCUT2D eigenvalue weighted by molar-refractivity contribution is 6.16. The first-order valence-electron chi connectivity index (χ1n) is 6.68. The van der Waals surface area contributed by atoms with Gasteiger partial charge in [-0.1, -0.05) is 18.2 Å². The lowest BCUT2D eigenvalue weighted by Gasteiger charge is -2.05. The van der Waals surface area contributed by atoms with Gasteiger partial charge in [0.15, 0.2) is 0 Å². The standard InChI is InChI=1S/C16H12FN3O3/c17-9-6-7-11-12(8-9)20(16(18)23)15(22)13(11)14(21)19-10-4-2-1-3-5-10/h1-8,22H,(H2,18,23)(H,19,21). The SMILES string of the molecule is NC(=O)n1c(O)c(C(=O)Nc2ccccc2)c2ccc(F)cc21. The molecule has 0 spiro atoms. The average Bonchev–Trinajstić information content (AvgIpc) is 2.79. The van der Waals surface area contributed by atoms with E-state index in [1.165, 1.54) is 6.07 Å². The van der Waals surface area contributed by atoms with Crippen molar-refractivity contribution in [3.05, 3.63) is 59.9 Å². The van der Waals surface area contributed by atoms with E-state index < -0.39 is 23.6 Å². The van der Waals surface area contributed by atoms with Crippen molar-refractivity contribution in [3.63, 3.8) is 0 Å². The summed E-state index contributed by atoms with van der Waals surface area (Å²) in [4.78, 5) is 24.0. The second-order valence-corrected chi connectivity index (χ2v) is 4.85. The molecule has 0 radical (unpaired) electrons. The zero-order chi connectivity index (χ0) is 16.6. The number of hydrogen-bond acceptors (Lipinski definition) is 3. The summed E-state index contributed by atoms with van der Waals surface area (Å²) in [6.45, 7) is 0. The van der Waals surface area contributed by atoms with E-state index in [0.717, 1.165) is 12.1 Å². The second-order valence-electron chi connectivity index (χ2n) is 4.85. The van der Waals surface area contributed by atoms with Gasteiger partial charge in [-0.25, -0.2) is 13.8 Å². The van der Waals surface area contributed by atoms with Gasteiger partial charge in [-0.15, -0.1) is 0 Å². The van der Waals surface area contributed by atoms with Crippen molar-refractivity contribution in [1.82, 2.24) is 4.57 Å². The quantitative estimate of drug-likeness (QED) is 0.678. The van der Waals surface area contributed by atoms with Crippen LogP contribution in [-0.4, -0.2) is 21.6 Å². The molecule has 0 aliphatic heterocycles. The number of hydrogen-bond donors (Lipinski definition) is 3. The molecule has 116 valence electrons. The van der Waals surface area contributed by atoms with Gasteiger partial charge in [0.25, 0.3) is 5.91 Å². The van der Waals surface area contributed by atoms with Gasteiger partial charge >= 0.3 is 6.03 Å². The molecular formula is C16H12FN3O3. The van der Waals surface area contributed by atoms with Crippen LogP contribution in [0.25, 0.3) is 10.9 Å². The van der Waals surface area contributed by atoms with Crippen LogP contribution in [0.1, 0.15) is 10.4 Å². The van der Waals surface area contributed by atoms with E-state index in [-0.39, 0.29) is 16.5 Å². The molecule has 0 unspecified atom stereocenters. The molecule has 2 aromatic carbocycles. The van der Waals surface area contributed by atoms with E-state index in [2.05, 4.69) is 5.32 Å². The lowest BCUT2D eigenvalue weighted by Crippen LogP contribution is -2.19. The van der Waals surface area contributed by atoms with Crippen LogP contribution in [0, 0.1) is 5.82 Å². The zero-order valence-corrected chi connectivity index (χ0v) is 11.8. The molecule has 0 saturated heterocycles. The van der Waals surface area contributed by atoms with Gasteiger partial charge in [-0.2, -0.15) is 0 Å². The molecule has 6 nitrogen and oxygen atoms in total. The number of nitrogens with zero attached hydrogens (tertiary/aromatic N) is 1. The molecule has 4 N–H and O–H groups in total. The van der Waals surface area contributed by atoms with Gasteiger partial charge in [0.2, 0.25) is 5.88 Å². The number of rotatable bonds is 2. The molecule has 0 bridgehead atoms. The summed E-state index contributed by atoms with van der Waals surface area (Å²) in [6, 6.07) is 11.0. The Labute approximate surface area is 129 Å². The number of nitrogens with two attached hydrogens (primary N) is 1. The van der Waals surface area contributed by atoms with Gasteiger partial charge in [0.05, 0.1) is 5.52 Å². The number of aromatic hydroxyl groups is 1. The summed E-state index contributed by atoms with van der Waals surface area (Å²) in [6.07, 6.45) is 0. The molecule has 2 amide bonds. The first-order chi connectivity index (χ1) is 11.0. The summed E-state index contributed by atoms with van der Waals surface area (Å²) in [5.74, 6) is -1.88. The fraction of sp³-hybridized carbons (Fsp3) is 0. The monoisotopic (exact) mass is 313 g/mol. The molecule has 7 heteroatoms. The highest BCUT2D eigenvalue weighted by Gasteiger charge is 2.25. The first kappa shape index (κ1) is 14.6. The third kappa shape index (κ3) is 2.48. The van der Waals surface area contributed by atoms with Gasteiger partial charge in [-0.05, 0) is 30.3 Å². The zero-order valence-electron chi connectivity index (χ0n) is 11.8. The number of fused-ring (bicyclic) bond motifs is 1. The van der Waals surface area contributed by atoms with Crippen LogP contribution in [0.5, 0.6) is 5.88 Å². The molecule has 0 atom stereocenters. The minimum atomic E-state index is -1.02. The van der Waals surface area contributed by atoms with Crippen LogP contribution >= 0.6 is 0 Å². The fourth-order valence-corrected chi connectivity index (χ4v) is 2.41. The van der Waals surface area contributed by atoms with Crippen molar-refractivity contribution in [3.8, 4) is 5.88 Å². The predicted molar refractivity (Wildman–Crippen MR) is 82.9 cm³/mol. The molecule has 1 aromatic heterocycles. The highest BCUT2D eigenvalue weighted by atomic mass is 19.1. The number of halogens is 1. The average molecular weight is 313 g/mol. The summed E-state index contributed by atoms with van der Waals surface area (Å²) >= 11 is 0. The largest absolute Gasteiger partial charge is 0.494 e. The summed E-state index contributed by atoms with van der Waals surface area (Å²) in [5, 5.41) is 13.0. The van der Waals surface area contributed by atoms with Crippen molar-refractivity contribution < 1.29 is 19.1 Å². The van der Waals surface area contributed by atoms with Crippen LogP contribution in [0.4, 0.5) is 14.9 Å². The lowest BCUT2D eigenvalue weighted by atomic mass is 10.1. The minimum Gasteiger partial charge on any atom is -0.494 e. The molecule has 3 rings (SSSR count). The molecular weight excluding hydrogens is 301 g/mol. The third-order valence-electron chi connectivity index (χ3n) is 3.38. The molecule has 0 aliphatic rings. The Morgan fingerprint density at radius 3 is 2.48 bits per heavy atom. The number of carbonyl (C=O) groups excluding carboxylic acids is 2. The van der Waals surface area contributed by atoms with E-state index in [0.29, 0.717) is 10.3 Å². The predicted octanol–water partition coefficient (Wildman–Crippen LogP) is 2.67. The Balaban J connectivity index is 2.15. The van der Waals surface area contributed by atoms with Crippen molar-refractivity contribution in [2.45, 2.75) is 0 Å². The molecule has 0 aliphatic carbocycles. The number of benzene rings is 2. The van der Waals surface area contributed by atoms with E-state index in [1.807, 2.05) is 0 Å². The second kappa shape index (κ2) is 5.45. The number of anilines is 1. The molecule has 0 saturated carbocycles. The number of nitrogens with one attached hydrogen (secondary N) is 1. The number of primary amides is 1. The van der Waals surface area contributed by atoms with Gasteiger partial charge < -0.3 is 16.2 Å². The minimum absolute atomic E-state index is 0.0215. The van der Waals surface area contributed by atoms with Crippen molar-refractivity contribution in [2.24, 2.45) is 5.73 Å². The topological polar surface area (TPSA) is 97.3 Å². The van der Waals surface area contributed by atoms with Gasteiger partial charge in [0, 0.05) is 11.1 Å². The Bertz CT molecular complexity index is 919. The maximum atomic E-state index is 13.4. The number of amides is 2. The maximum absolute atomic E-state index is 13.4. The van der Waals surface area contributed by atoms with Crippen LogP contribution < -0.4 is 11.1 Å². The Hall–Kier alpha value is -3.35. The van der Waals surface area contributed by atoms with Crippen molar-refractivity contribution >= 4 is 28.5 Å². The first-order valence-corrected chi connectivity index (χ1v) is 6.68. The molecule has 1 heterocycles. The Kier molecular flexibility index (Phi) is 3.46. The smallest absolute Gasteiger partial charge is 0.326 e. The van der Waals surface area contributed by atoms with E-state index in [9.17, 15) is 19.1 Å². The van der Waals surface area contributed by atoms with Crippen LogP contribution in [0.2, 0.25) is 0 Å². The van der Waals surface area contributed by atoms with Crippen LogP contribution in [0.3, 0.4) is 0 Å². The highest BCUT2D eigenvalue weighted by Crippen LogP contribution is 2.32. The molecule has 0 fully saturated rings. The number of carbonyl (C=O) groups is 2. The normalized spacial score (nSPS) is 10.7. The van der Waals surface area contributed by atoms with Crippen LogP contribution in [-0.2, 0) is 0 Å². The molecule has 23 heavy (non-hydrogen) atoms. The molecule has 3 aromatic rings. The summed E-state index contributed by atoms with van der Waals surface area (Å²) < 4.78 is 14.1. The summed E-state index contributed by atoms with van der Waals surface area (Å²) in [5.41, 5.74) is 5.59. The fourth-order valence-electron chi connectivity index (χ4n) is 2.41. The third-order valence-corrected chi connectivity index (χ3v) is 3.38. The lowest BCUT2D eigenvalue weighted by molar-refractivity contribution is 0.102. The van der Waals surface area contributed by atoms with Crippen molar-refractivity contribution in [2.75, 3.05) is 5.32 Å². The number of aromatic nitrogens is 1. The number of para-hydroxylation sites is 1. The van der Waals surface area contributed by atoms with Crippen LogP contribution in [0.15, 0.2) is 48.5 Å². The van der Waals surface area contributed by atoms with E-state index in [1.54, 1.807) is 30.3 Å². The van der Waals surface area contributed by atoms with Crippen molar-refractivity contribution in [1.29, 1.82) is 0 Å². The Morgan fingerprint density at radius 2 is 1.83 bits per heavy atom. The van der Waals surface area contributed by atoms with E-state index >= 15 is 0 Å².